The van der Waals surface area contributed by atoms with Crippen LogP contribution in [-0.4, -0.2) is 60.7 Å². The number of pyridine rings is 1. The fourth-order valence-corrected chi connectivity index (χ4v) is 5.27. The molecule has 1 N–H and O–H groups in total. The Morgan fingerprint density at radius 3 is 2.41 bits per heavy atom. The summed E-state index contributed by atoms with van der Waals surface area (Å²) >= 11 is 17.8. The zero-order valence-corrected chi connectivity index (χ0v) is 18.6. The predicted octanol–water partition coefficient (Wildman–Crippen LogP) is 3.38. The maximum Gasteiger partial charge on any atom is 0.244 e. The molecule has 2 heterocycles. The normalized spacial score (nSPS) is 17.1. The summed E-state index contributed by atoms with van der Waals surface area (Å²) in [5.74, 6) is 0.178. The summed E-state index contributed by atoms with van der Waals surface area (Å²) in [7, 11) is -3.77. The zero-order valence-electron chi connectivity index (χ0n) is 15.5. The van der Waals surface area contributed by atoms with Crippen LogP contribution in [0, 0.1) is 0 Å². The molecule has 2 aromatic rings. The van der Waals surface area contributed by atoms with Crippen molar-refractivity contribution in [2.24, 2.45) is 0 Å². The average molecular weight is 478 g/mol. The smallest absolute Gasteiger partial charge is 0.244 e. The number of carbonyl (C=O) groups excluding carboxylic acids is 1. The molecule has 0 spiro atoms. The van der Waals surface area contributed by atoms with Gasteiger partial charge in [-0.05, 0) is 31.2 Å². The van der Waals surface area contributed by atoms with Gasteiger partial charge in [-0.1, -0.05) is 40.9 Å². The first-order valence-electron chi connectivity index (χ1n) is 8.81. The second-order valence-corrected chi connectivity index (χ2v) is 9.65. The van der Waals surface area contributed by atoms with E-state index in [2.05, 4.69) is 10.3 Å². The van der Waals surface area contributed by atoms with Crippen molar-refractivity contribution in [3.8, 4) is 0 Å². The van der Waals surface area contributed by atoms with Crippen molar-refractivity contribution in [2.75, 3.05) is 31.5 Å². The molecule has 7 nitrogen and oxygen atoms in total. The number of carbonyl (C=O) groups is 1. The molecule has 0 aliphatic carbocycles. The first-order valence-corrected chi connectivity index (χ1v) is 11.4. The number of aromatic nitrogens is 1. The van der Waals surface area contributed by atoms with Gasteiger partial charge < -0.3 is 5.32 Å². The largest absolute Gasteiger partial charge is 0.309 e. The molecule has 1 aromatic carbocycles. The van der Waals surface area contributed by atoms with Crippen molar-refractivity contribution in [2.45, 2.75) is 17.9 Å². The lowest BCUT2D eigenvalue weighted by Gasteiger charge is -2.36. The number of sulfonamides is 1. The molecule has 0 radical (unpaired) electrons. The second-order valence-electron chi connectivity index (χ2n) is 6.52. The molecular formula is C18H19Cl3N4O3S. The summed E-state index contributed by atoms with van der Waals surface area (Å²) in [4.78, 5) is 18.4. The van der Waals surface area contributed by atoms with Crippen molar-refractivity contribution in [3.63, 3.8) is 0 Å². The van der Waals surface area contributed by atoms with E-state index in [9.17, 15) is 13.2 Å². The van der Waals surface area contributed by atoms with E-state index in [-0.39, 0.29) is 33.9 Å². The highest BCUT2D eigenvalue weighted by molar-refractivity contribution is 7.89. The lowest BCUT2D eigenvalue weighted by atomic mass is 10.2. The Hall–Kier alpha value is -1.42. The van der Waals surface area contributed by atoms with E-state index in [1.165, 1.54) is 22.6 Å². The second kappa shape index (κ2) is 9.16. The van der Waals surface area contributed by atoms with Crippen LogP contribution in [0.3, 0.4) is 0 Å². The van der Waals surface area contributed by atoms with E-state index in [0.717, 1.165) is 0 Å². The van der Waals surface area contributed by atoms with Gasteiger partial charge in [0, 0.05) is 32.4 Å². The van der Waals surface area contributed by atoms with Crippen LogP contribution in [0.25, 0.3) is 0 Å². The molecule has 29 heavy (non-hydrogen) atoms. The Bertz CT molecular complexity index is 994. The quantitative estimate of drug-likeness (QED) is 0.714. The number of piperazine rings is 1. The average Bonchev–Trinajstić information content (AvgIpc) is 2.71. The van der Waals surface area contributed by atoms with Gasteiger partial charge in [-0.3, -0.25) is 9.69 Å². The number of hydrogen-bond donors (Lipinski definition) is 1. The van der Waals surface area contributed by atoms with E-state index in [4.69, 9.17) is 34.8 Å². The molecule has 156 valence electrons. The first kappa shape index (κ1) is 22.3. The Kier molecular flexibility index (Phi) is 7.03. The van der Waals surface area contributed by atoms with Crippen molar-refractivity contribution < 1.29 is 13.2 Å². The predicted molar refractivity (Wildman–Crippen MR) is 114 cm³/mol. The summed E-state index contributed by atoms with van der Waals surface area (Å²) in [6.45, 7) is 3.05. The molecule has 1 saturated heterocycles. The third kappa shape index (κ3) is 5.02. The maximum atomic E-state index is 12.9. The summed E-state index contributed by atoms with van der Waals surface area (Å²) in [6, 6.07) is 7.33. The molecule has 0 bridgehead atoms. The van der Waals surface area contributed by atoms with E-state index in [0.29, 0.717) is 23.9 Å². The number of rotatable bonds is 5. The van der Waals surface area contributed by atoms with Crippen LogP contribution in [0.15, 0.2) is 41.4 Å². The topological polar surface area (TPSA) is 82.6 Å². The standard InChI is InChI=1S/C18H19Cl3N4O3S/c1-12(18(26)23-16-6-5-13(19)11-22-16)24-7-9-25(10-8-24)29(27,28)15-4-2-3-14(20)17(15)21/h2-6,11-12H,7-10H2,1H3,(H,22,23,26)/t12-/m0/s1. The Morgan fingerprint density at radius 2 is 1.79 bits per heavy atom. The Morgan fingerprint density at radius 1 is 1.10 bits per heavy atom. The van der Waals surface area contributed by atoms with Crippen molar-refractivity contribution >= 4 is 56.6 Å². The number of anilines is 1. The Balaban J connectivity index is 1.62. The van der Waals surface area contributed by atoms with Gasteiger partial charge in [0.2, 0.25) is 15.9 Å². The van der Waals surface area contributed by atoms with Gasteiger partial charge in [-0.2, -0.15) is 4.31 Å². The van der Waals surface area contributed by atoms with Crippen LogP contribution in [0.2, 0.25) is 15.1 Å². The third-order valence-electron chi connectivity index (χ3n) is 4.71. The minimum Gasteiger partial charge on any atom is -0.309 e. The summed E-state index contributed by atoms with van der Waals surface area (Å²) in [6.07, 6.45) is 1.45. The van der Waals surface area contributed by atoms with Crippen LogP contribution in [0.4, 0.5) is 5.82 Å². The van der Waals surface area contributed by atoms with Crippen LogP contribution in [-0.2, 0) is 14.8 Å². The van der Waals surface area contributed by atoms with Crippen LogP contribution in [0.5, 0.6) is 0 Å². The van der Waals surface area contributed by atoms with E-state index in [1.54, 1.807) is 25.1 Å². The minimum absolute atomic E-state index is 0.0137. The van der Waals surface area contributed by atoms with E-state index >= 15 is 0 Å². The van der Waals surface area contributed by atoms with Gasteiger partial charge in [-0.15, -0.1) is 0 Å². The summed E-state index contributed by atoms with van der Waals surface area (Å²) < 4.78 is 27.2. The van der Waals surface area contributed by atoms with Gasteiger partial charge in [0.05, 0.1) is 21.1 Å². The lowest BCUT2D eigenvalue weighted by molar-refractivity contribution is -0.121. The van der Waals surface area contributed by atoms with Crippen molar-refractivity contribution in [1.29, 1.82) is 0 Å². The maximum absolute atomic E-state index is 12.9. The number of benzene rings is 1. The minimum atomic E-state index is -3.77. The molecule has 0 unspecified atom stereocenters. The highest BCUT2D eigenvalue weighted by Crippen LogP contribution is 2.31. The Labute approximate surface area is 184 Å². The zero-order chi connectivity index (χ0) is 21.2. The fourth-order valence-electron chi connectivity index (χ4n) is 3.00. The summed E-state index contributed by atoms with van der Waals surface area (Å²) in [5.41, 5.74) is 0. The van der Waals surface area contributed by atoms with E-state index < -0.39 is 16.1 Å². The number of amides is 1. The van der Waals surface area contributed by atoms with Gasteiger partial charge in [0.15, 0.2) is 0 Å². The molecular weight excluding hydrogens is 459 g/mol. The SMILES string of the molecule is C[C@@H](C(=O)Nc1ccc(Cl)cn1)N1CCN(S(=O)(=O)c2cccc(Cl)c2Cl)CC1. The van der Waals surface area contributed by atoms with Crippen LogP contribution >= 0.6 is 34.8 Å². The van der Waals surface area contributed by atoms with Crippen LogP contribution < -0.4 is 5.32 Å². The molecule has 1 aromatic heterocycles. The van der Waals surface area contributed by atoms with E-state index in [1.807, 2.05) is 4.90 Å². The molecule has 1 fully saturated rings. The first-order chi connectivity index (χ1) is 13.7. The van der Waals surface area contributed by atoms with Crippen molar-refractivity contribution in [1.82, 2.24) is 14.2 Å². The van der Waals surface area contributed by atoms with Gasteiger partial charge >= 0.3 is 0 Å². The van der Waals surface area contributed by atoms with Gasteiger partial charge in [0.1, 0.15) is 10.7 Å². The molecule has 1 amide bonds. The molecule has 11 heteroatoms. The fraction of sp³-hybridized carbons (Fsp3) is 0.333. The number of nitrogens with zero attached hydrogens (tertiary/aromatic N) is 3. The molecule has 0 saturated carbocycles. The van der Waals surface area contributed by atoms with Crippen molar-refractivity contribution in [3.05, 3.63) is 51.6 Å². The monoisotopic (exact) mass is 476 g/mol. The number of hydrogen-bond acceptors (Lipinski definition) is 5. The van der Waals surface area contributed by atoms with Gasteiger partial charge in [-0.25, -0.2) is 13.4 Å². The number of nitrogens with one attached hydrogen (secondary N) is 1. The highest BCUT2D eigenvalue weighted by Gasteiger charge is 2.33. The van der Waals surface area contributed by atoms with Gasteiger partial charge in [0.25, 0.3) is 0 Å². The lowest BCUT2D eigenvalue weighted by Crippen LogP contribution is -2.54. The highest BCUT2D eigenvalue weighted by atomic mass is 35.5. The molecule has 1 aliphatic heterocycles. The summed E-state index contributed by atoms with van der Waals surface area (Å²) in [5, 5.41) is 3.41. The third-order valence-corrected chi connectivity index (χ3v) is 7.81. The van der Waals surface area contributed by atoms with Crippen LogP contribution in [0.1, 0.15) is 6.92 Å². The number of halogens is 3. The molecule has 1 aliphatic rings. The molecule has 1 atom stereocenters. The molecule has 3 rings (SSSR count).